The number of hydrazone groups is 1. The van der Waals surface area contributed by atoms with Crippen molar-refractivity contribution in [3.63, 3.8) is 0 Å². The van der Waals surface area contributed by atoms with Gasteiger partial charge >= 0.3 is 0 Å². The SMILES string of the molecule is CC1=CC(C)(C)N(C)c2cc(Cl)c(/C=N\Nc3ccccc3)cc21. The Labute approximate surface area is 148 Å². The number of likely N-dealkylation sites (N-methyl/N-ethyl adjacent to an activating group) is 1. The zero-order valence-corrected chi connectivity index (χ0v) is 15.2. The van der Waals surface area contributed by atoms with Gasteiger partial charge in [-0.25, -0.2) is 0 Å². The van der Waals surface area contributed by atoms with Gasteiger partial charge in [-0.2, -0.15) is 5.10 Å². The van der Waals surface area contributed by atoms with Gasteiger partial charge in [-0.3, -0.25) is 5.43 Å². The number of fused-ring (bicyclic) bond motifs is 1. The Morgan fingerprint density at radius 3 is 2.58 bits per heavy atom. The van der Waals surface area contributed by atoms with Crippen molar-refractivity contribution in [1.29, 1.82) is 0 Å². The molecular formula is C20H22ClN3. The molecule has 0 saturated heterocycles. The largest absolute Gasteiger partial charge is 0.365 e. The van der Waals surface area contributed by atoms with Gasteiger partial charge in [-0.15, -0.1) is 0 Å². The molecule has 0 bridgehead atoms. The third kappa shape index (κ3) is 3.17. The van der Waals surface area contributed by atoms with Crippen molar-refractivity contribution in [2.75, 3.05) is 17.4 Å². The molecule has 0 aliphatic carbocycles. The van der Waals surface area contributed by atoms with E-state index in [9.17, 15) is 0 Å². The summed E-state index contributed by atoms with van der Waals surface area (Å²) in [6.45, 7) is 6.55. The molecule has 0 saturated carbocycles. The van der Waals surface area contributed by atoms with Crippen LogP contribution in [0.2, 0.25) is 5.02 Å². The average Bonchev–Trinajstić information content (AvgIpc) is 2.54. The standard InChI is InChI=1S/C20H22ClN3/c1-14-12-20(2,3)24(4)19-11-18(21)15(10-17(14)19)13-22-23-16-8-6-5-7-9-16/h5-13,23H,1-4H3/b22-13-. The Kier molecular flexibility index (Phi) is 4.37. The van der Waals surface area contributed by atoms with Gasteiger partial charge in [0, 0.05) is 23.9 Å². The van der Waals surface area contributed by atoms with Crippen molar-refractivity contribution in [2.45, 2.75) is 26.3 Å². The molecule has 0 atom stereocenters. The monoisotopic (exact) mass is 339 g/mol. The smallest absolute Gasteiger partial charge is 0.0561 e. The first-order valence-corrected chi connectivity index (χ1v) is 8.37. The summed E-state index contributed by atoms with van der Waals surface area (Å²) in [6.07, 6.45) is 4.05. The van der Waals surface area contributed by atoms with Crippen molar-refractivity contribution < 1.29 is 0 Å². The molecule has 24 heavy (non-hydrogen) atoms. The number of benzene rings is 2. The molecule has 4 heteroatoms. The Balaban J connectivity index is 1.91. The average molecular weight is 340 g/mol. The maximum absolute atomic E-state index is 6.48. The lowest BCUT2D eigenvalue weighted by atomic mass is 9.88. The quantitative estimate of drug-likeness (QED) is 0.597. The number of allylic oxidation sites excluding steroid dienone is 1. The van der Waals surface area contributed by atoms with Crippen LogP contribution in [0.15, 0.2) is 53.6 Å². The molecule has 1 N–H and O–H groups in total. The second-order valence-corrected chi connectivity index (χ2v) is 7.07. The molecule has 1 aliphatic rings. The van der Waals surface area contributed by atoms with Crippen molar-refractivity contribution in [3.8, 4) is 0 Å². The highest BCUT2D eigenvalue weighted by Gasteiger charge is 2.28. The normalized spacial score (nSPS) is 16.0. The number of rotatable bonds is 3. The van der Waals surface area contributed by atoms with Crippen molar-refractivity contribution >= 4 is 34.8 Å². The maximum Gasteiger partial charge on any atom is 0.0561 e. The fourth-order valence-corrected chi connectivity index (χ4v) is 3.18. The Morgan fingerprint density at radius 1 is 1.17 bits per heavy atom. The van der Waals surface area contributed by atoms with Gasteiger partial charge in [0.05, 0.1) is 22.5 Å². The molecule has 124 valence electrons. The van der Waals surface area contributed by atoms with E-state index in [0.29, 0.717) is 5.02 Å². The molecular weight excluding hydrogens is 318 g/mol. The van der Waals surface area contributed by atoms with Crippen molar-refractivity contribution in [2.24, 2.45) is 5.10 Å². The molecule has 1 aliphatic heterocycles. The van der Waals surface area contributed by atoms with Gasteiger partial charge in [0.2, 0.25) is 0 Å². The van der Waals surface area contributed by atoms with E-state index in [1.54, 1.807) is 6.21 Å². The molecule has 3 nitrogen and oxygen atoms in total. The number of nitrogens with zero attached hydrogens (tertiary/aromatic N) is 2. The van der Waals surface area contributed by atoms with E-state index < -0.39 is 0 Å². The third-order valence-electron chi connectivity index (χ3n) is 4.51. The summed E-state index contributed by atoms with van der Waals surface area (Å²) in [4.78, 5) is 2.25. The molecule has 0 aromatic heterocycles. The number of hydrogen-bond donors (Lipinski definition) is 1. The summed E-state index contributed by atoms with van der Waals surface area (Å²) in [5.41, 5.74) is 8.45. The molecule has 1 heterocycles. The Morgan fingerprint density at radius 2 is 1.88 bits per heavy atom. The van der Waals surface area contributed by atoms with Gasteiger partial charge < -0.3 is 4.90 Å². The van der Waals surface area contributed by atoms with Gasteiger partial charge in [-0.05, 0) is 50.6 Å². The molecule has 2 aromatic rings. The fourth-order valence-electron chi connectivity index (χ4n) is 2.98. The minimum Gasteiger partial charge on any atom is -0.365 e. The summed E-state index contributed by atoms with van der Waals surface area (Å²) < 4.78 is 0. The van der Waals surface area contributed by atoms with E-state index in [-0.39, 0.29) is 5.54 Å². The van der Waals surface area contributed by atoms with Gasteiger partial charge in [-0.1, -0.05) is 35.9 Å². The molecule has 0 spiro atoms. The summed E-state index contributed by atoms with van der Waals surface area (Å²) in [5.74, 6) is 0. The minimum absolute atomic E-state index is 0.0229. The van der Waals surface area contributed by atoms with Crippen LogP contribution in [0.1, 0.15) is 31.9 Å². The van der Waals surface area contributed by atoms with Crippen LogP contribution in [-0.4, -0.2) is 18.8 Å². The molecule has 0 unspecified atom stereocenters. The first-order valence-electron chi connectivity index (χ1n) is 8.00. The first kappa shape index (κ1) is 16.6. The lowest BCUT2D eigenvalue weighted by molar-refractivity contribution is 0.598. The van der Waals surface area contributed by atoms with Crippen LogP contribution < -0.4 is 10.3 Å². The van der Waals surface area contributed by atoms with E-state index in [0.717, 1.165) is 16.9 Å². The first-order chi connectivity index (χ1) is 11.4. The molecule has 0 amide bonds. The summed E-state index contributed by atoms with van der Waals surface area (Å²) in [6, 6.07) is 14.0. The highest BCUT2D eigenvalue weighted by Crippen LogP contribution is 2.40. The predicted octanol–water partition coefficient (Wildman–Crippen LogP) is 5.42. The van der Waals surface area contributed by atoms with Crippen LogP contribution in [0.5, 0.6) is 0 Å². The second kappa shape index (κ2) is 6.33. The number of nitrogens with one attached hydrogen (secondary N) is 1. The number of anilines is 2. The lowest BCUT2D eigenvalue weighted by Crippen LogP contribution is -2.42. The lowest BCUT2D eigenvalue weighted by Gasteiger charge is -2.40. The molecule has 0 radical (unpaired) electrons. The topological polar surface area (TPSA) is 27.6 Å². The number of para-hydroxylation sites is 1. The number of halogens is 1. The predicted molar refractivity (Wildman–Crippen MR) is 105 cm³/mol. The van der Waals surface area contributed by atoms with E-state index in [4.69, 9.17) is 11.6 Å². The van der Waals surface area contributed by atoms with E-state index in [2.05, 4.69) is 55.4 Å². The van der Waals surface area contributed by atoms with Crippen LogP contribution in [-0.2, 0) is 0 Å². The minimum atomic E-state index is -0.0229. The third-order valence-corrected chi connectivity index (χ3v) is 4.83. The van der Waals surface area contributed by atoms with Gasteiger partial charge in [0.1, 0.15) is 0 Å². The van der Waals surface area contributed by atoms with Gasteiger partial charge in [0.25, 0.3) is 0 Å². The van der Waals surface area contributed by atoms with Crippen LogP contribution in [0.25, 0.3) is 5.57 Å². The summed E-state index contributed by atoms with van der Waals surface area (Å²) >= 11 is 6.48. The van der Waals surface area contributed by atoms with Crippen molar-refractivity contribution in [1.82, 2.24) is 0 Å². The summed E-state index contributed by atoms with van der Waals surface area (Å²) in [7, 11) is 2.10. The second-order valence-electron chi connectivity index (χ2n) is 6.67. The van der Waals surface area contributed by atoms with Gasteiger partial charge in [0.15, 0.2) is 0 Å². The van der Waals surface area contributed by atoms with E-state index >= 15 is 0 Å². The highest BCUT2D eigenvalue weighted by atomic mass is 35.5. The van der Waals surface area contributed by atoms with Crippen LogP contribution in [0, 0.1) is 0 Å². The van der Waals surface area contributed by atoms with E-state index in [1.165, 1.54) is 11.1 Å². The van der Waals surface area contributed by atoms with E-state index in [1.807, 2.05) is 36.4 Å². The zero-order chi connectivity index (χ0) is 17.3. The molecule has 0 fully saturated rings. The molecule has 2 aromatic carbocycles. The Hall–Kier alpha value is -2.26. The summed E-state index contributed by atoms with van der Waals surface area (Å²) in [5, 5.41) is 5.00. The molecule has 3 rings (SSSR count). The fraction of sp³-hybridized carbons (Fsp3) is 0.250. The zero-order valence-electron chi connectivity index (χ0n) is 14.5. The maximum atomic E-state index is 6.48. The number of hydrogen-bond acceptors (Lipinski definition) is 3. The van der Waals surface area contributed by atoms with Crippen LogP contribution in [0.3, 0.4) is 0 Å². The Bertz CT molecular complexity index is 807. The van der Waals surface area contributed by atoms with Crippen LogP contribution >= 0.6 is 11.6 Å². The van der Waals surface area contributed by atoms with Crippen molar-refractivity contribution in [3.05, 3.63) is 64.7 Å². The highest BCUT2D eigenvalue weighted by molar-refractivity contribution is 6.33. The van der Waals surface area contributed by atoms with Crippen LogP contribution in [0.4, 0.5) is 11.4 Å².